The number of benzene rings is 1. The van der Waals surface area contributed by atoms with E-state index in [0.29, 0.717) is 22.5 Å². The van der Waals surface area contributed by atoms with Gasteiger partial charge < -0.3 is 4.90 Å². The molecule has 7 heteroatoms. The number of hydrogen-bond donors (Lipinski definition) is 0. The molecule has 0 aliphatic carbocycles. The van der Waals surface area contributed by atoms with Crippen molar-refractivity contribution in [3.63, 3.8) is 0 Å². The molecule has 1 aliphatic heterocycles. The smallest absolute Gasteiger partial charge is 0.261 e. The molecule has 0 bridgehead atoms. The summed E-state index contributed by atoms with van der Waals surface area (Å²) in [6.07, 6.45) is 2.07. The Kier molecular flexibility index (Phi) is 5.00. The summed E-state index contributed by atoms with van der Waals surface area (Å²) in [4.78, 5) is 14.4. The highest BCUT2D eigenvalue weighted by Gasteiger charge is 2.29. The molecule has 1 fully saturated rings. The van der Waals surface area contributed by atoms with Gasteiger partial charge in [0.25, 0.3) is 15.0 Å². The number of carbonyl (C=O) groups excluding carboxylic acids is 1. The Morgan fingerprint density at radius 2 is 2.00 bits per heavy atom. The van der Waals surface area contributed by atoms with E-state index >= 15 is 0 Å². The molecule has 21 heavy (non-hydrogen) atoms. The van der Waals surface area contributed by atoms with Gasteiger partial charge in [0, 0.05) is 33.3 Å². The average Bonchev–Trinajstić information content (AvgIpc) is 2.39. The number of likely N-dealkylation sites (tertiary alicyclic amines) is 1. The van der Waals surface area contributed by atoms with Crippen LogP contribution < -0.4 is 0 Å². The van der Waals surface area contributed by atoms with Crippen molar-refractivity contribution >= 4 is 41.6 Å². The van der Waals surface area contributed by atoms with Gasteiger partial charge in [-0.3, -0.25) is 4.79 Å². The van der Waals surface area contributed by atoms with Crippen LogP contribution in [0.3, 0.4) is 0 Å². The monoisotopic (exact) mass is 393 g/mol. The van der Waals surface area contributed by atoms with Gasteiger partial charge in [-0.25, -0.2) is 8.42 Å². The van der Waals surface area contributed by atoms with E-state index in [1.54, 1.807) is 11.0 Å². The first-order valence-corrected chi connectivity index (χ1v) is 9.86. The van der Waals surface area contributed by atoms with Gasteiger partial charge in [-0.2, -0.15) is 0 Å². The molecule has 0 aromatic heterocycles. The van der Waals surface area contributed by atoms with E-state index < -0.39 is 9.05 Å². The summed E-state index contributed by atoms with van der Waals surface area (Å²) in [6.45, 7) is 4.85. The summed E-state index contributed by atoms with van der Waals surface area (Å²) in [7, 11) is 1.51. The Labute approximate surface area is 138 Å². The molecule has 1 aromatic carbocycles. The lowest BCUT2D eigenvalue weighted by Crippen LogP contribution is -2.46. The van der Waals surface area contributed by atoms with Gasteiger partial charge in [-0.05, 0) is 43.9 Å². The minimum atomic E-state index is -3.86. The predicted molar refractivity (Wildman–Crippen MR) is 86.1 cm³/mol. The molecular weight excluding hydrogens is 378 g/mol. The third-order valence-corrected chi connectivity index (χ3v) is 5.83. The SMILES string of the molecule is CC1CCCN(C(=O)c2cc(Br)cc(S(=O)(=O)Cl)c2)C1C. The van der Waals surface area contributed by atoms with Gasteiger partial charge in [-0.1, -0.05) is 22.9 Å². The maximum Gasteiger partial charge on any atom is 0.261 e. The van der Waals surface area contributed by atoms with Crippen molar-refractivity contribution in [2.24, 2.45) is 5.92 Å². The minimum absolute atomic E-state index is 0.0698. The molecule has 4 nitrogen and oxygen atoms in total. The van der Waals surface area contributed by atoms with Crippen molar-refractivity contribution in [3.8, 4) is 0 Å². The molecule has 2 rings (SSSR count). The molecule has 2 atom stereocenters. The first-order chi connectivity index (χ1) is 9.70. The van der Waals surface area contributed by atoms with Crippen LogP contribution >= 0.6 is 26.6 Å². The standard InChI is InChI=1S/C14H17BrClNO3S/c1-9-4-3-5-17(10(9)2)14(18)11-6-12(15)8-13(7-11)21(16,19)20/h6-10H,3-5H2,1-2H3. The van der Waals surface area contributed by atoms with Crippen LogP contribution in [0.2, 0.25) is 0 Å². The third-order valence-electron chi connectivity index (χ3n) is 4.03. The van der Waals surface area contributed by atoms with E-state index in [2.05, 4.69) is 22.9 Å². The Morgan fingerprint density at radius 3 is 2.62 bits per heavy atom. The summed E-state index contributed by atoms with van der Waals surface area (Å²) in [5.74, 6) is 0.281. The highest BCUT2D eigenvalue weighted by atomic mass is 79.9. The Morgan fingerprint density at radius 1 is 1.33 bits per heavy atom. The zero-order valence-electron chi connectivity index (χ0n) is 11.8. The molecule has 0 N–H and O–H groups in total. The highest BCUT2D eigenvalue weighted by Crippen LogP contribution is 2.27. The van der Waals surface area contributed by atoms with E-state index in [-0.39, 0.29) is 16.8 Å². The quantitative estimate of drug-likeness (QED) is 0.720. The van der Waals surface area contributed by atoms with Gasteiger partial charge in [0.15, 0.2) is 0 Å². The van der Waals surface area contributed by atoms with Gasteiger partial charge in [-0.15, -0.1) is 0 Å². The van der Waals surface area contributed by atoms with Crippen LogP contribution in [0.4, 0.5) is 0 Å². The fourth-order valence-corrected chi connectivity index (χ4v) is 4.06. The maximum atomic E-state index is 12.7. The molecule has 1 aromatic rings. The van der Waals surface area contributed by atoms with E-state index in [0.717, 1.165) is 12.8 Å². The molecule has 1 aliphatic rings. The van der Waals surface area contributed by atoms with Crippen molar-refractivity contribution in [2.75, 3.05) is 6.54 Å². The fourth-order valence-electron chi connectivity index (χ4n) is 2.61. The van der Waals surface area contributed by atoms with Crippen molar-refractivity contribution in [1.82, 2.24) is 4.90 Å². The van der Waals surface area contributed by atoms with Gasteiger partial charge in [0.1, 0.15) is 0 Å². The second kappa shape index (κ2) is 6.26. The van der Waals surface area contributed by atoms with Crippen molar-refractivity contribution in [3.05, 3.63) is 28.2 Å². The summed E-state index contributed by atoms with van der Waals surface area (Å²) in [6, 6.07) is 4.49. The van der Waals surface area contributed by atoms with E-state index in [4.69, 9.17) is 10.7 Å². The molecule has 0 radical (unpaired) electrons. The third kappa shape index (κ3) is 3.79. The van der Waals surface area contributed by atoms with Gasteiger partial charge >= 0.3 is 0 Å². The number of piperidine rings is 1. The number of amides is 1. The Bertz CT molecular complexity index is 662. The van der Waals surface area contributed by atoms with E-state index in [9.17, 15) is 13.2 Å². The second-order valence-electron chi connectivity index (χ2n) is 5.47. The lowest BCUT2D eigenvalue weighted by Gasteiger charge is -2.38. The van der Waals surface area contributed by atoms with Crippen LogP contribution in [-0.4, -0.2) is 31.8 Å². The summed E-state index contributed by atoms with van der Waals surface area (Å²) in [5, 5.41) is 0. The summed E-state index contributed by atoms with van der Waals surface area (Å²) < 4.78 is 23.5. The number of nitrogens with zero attached hydrogens (tertiary/aromatic N) is 1. The highest BCUT2D eigenvalue weighted by molar-refractivity contribution is 9.10. The molecule has 1 saturated heterocycles. The normalized spacial score (nSPS) is 23.1. The topological polar surface area (TPSA) is 54.5 Å². The molecule has 116 valence electrons. The average molecular weight is 395 g/mol. The second-order valence-corrected chi connectivity index (χ2v) is 8.95. The van der Waals surface area contributed by atoms with Crippen LogP contribution in [0.1, 0.15) is 37.0 Å². The van der Waals surface area contributed by atoms with Gasteiger partial charge in [0.05, 0.1) is 4.90 Å². The van der Waals surface area contributed by atoms with Crippen molar-refractivity contribution in [2.45, 2.75) is 37.6 Å². The van der Waals surface area contributed by atoms with Gasteiger partial charge in [0.2, 0.25) is 0 Å². The zero-order chi connectivity index (χ0) is 15.8. The van der Waals surface area contributed by atoms with E-state index in [1.807, 2.05) is 6.92 Å². The molecule has 2 unspecified atom stereocenters. The molecule has 1 amide bonds. The van der Waals surface area contributed by atoms with Crippen molar-refractivity contribution < 1.29 is 13.2 Å². The van der Waals surface area contributed by atoms with Crippen LogP contribution in [0, 0.1) is 5.92 Å². The Hall–Kier alpha value is -0.590. The number of halogens is 2. The number of carbonyl (C=O) groups is 1. The van der Waals surface area contributed by atoms with Crippen molar-refractivity contribution in [1.29, 1.82) is 0 Å². The Balaban J connectivity index is 2.37. The molecule has 0 spiro atoms. The summed E-state index contributed by atoms with van der Waals surface area (Å²) >= 11 is 3.23. The number of rotatable bonds is 2. The molecule has 0 saturated carbocycles. The fraction of sp³-hybridized carbons (Fsp3) is 0.500. The molecule has 1 heterocycles. The molecular formula is C14H17BrClNO3S. The largest absolute Gasteiger partial charge is 0.336 e. The predicted octanol–water partition coefficient (Wildman–Crippen LogP) is 3.64. The minimum Gasteiger partial charge on any atom is -0.336 e. The first kappa shape index (κ1) is 16.8. The zero-order valence-corrected chi connectivity index (χ0v) is 15.0. The number of hydrogen-bond acceptors (Lipinski definition) is 3. The van der Waals surface area contributed by atoms with Crippen LogP contribution in [-0.2, 0) is 9.05 Å². The van der Waals surface area contributed by atoms with Crippen LogP contribution in [0.5, 0.6) is 0 Å². The first-order valence-electron chi connectivity index (χ1n) is 6.76. The van der Waals surface area contributed by atoms with Crippen LogP contribution in [0.25, 0.3) is 0 Å². The van der Waals surface area contributed by atoms with E-state index in [1.165, 1.54) is 12.1 Å². The van der Waals surface area contributed by atoms with Crippen LogP contribution in [0.15, 0.2) is 27.6 Å². The lowest BCUT2D eigenvalue weighted by molar-refractivity contribution is 0.0550. The summed E-state index contributed by atoms with van der Waals surface area (Å²) in [5.41, 5.74) is 0.338. The lowest BCUT2D eigenvalue weighted by atomic mass is 9.91. The maximum absolute atomic E-state index is 12.7.